The van der Waals surface area contributed by atoms with Crippen LogP contribution in [0.5, 0.6) is 0 Å². The average Bonchev–Trinajstić information content (AvgIpc) is 2.92. The first-order valence-electron chi connectivity index (χ1n) is 6.54. The molecule has 0 aliphatic heterocycles. The van der Waals surface area contributed by atoms with Gasteiger partial charge in [0, 0.05) is 11.4 Å². The van der Waals surface area contributed by atoms with Crippen LogP contribution >= 0.6 is 11.3 Å². The molecule has 8 heteroatoms. The van der Waals surface area contributed by atoms with Crippen LogP contribution in [0.3, 0.4) is 0 Å². The number of nitrogens with one attached hydrogen (secondary N) is 1. The summed E-state index contributed by atoms with van der Waals surface area (Å²) in [6, 6.07) is 1.96. The van der Waals surface area contributed by atoms with Gasteiger partial charge in [0.2, 0.25) is 10.0 Å². The monoisotopic (exact) mass is 329 g/mol. The molecule has 0 bridgehead atoms. The van der Waals surface area contributed by atoms with E-state index in [9.17, 15) is 8.42 Å². The third kappa shape index (κ3) is 3.34. The van der Waals surface area contributed by atoms with Crippen LogP contribution < -0.4 is 4.72 Å². The number of nitrogens with zero attached hydrogens (tertiary/aromatic N) is 2. The van der Waals surface area contributed by atoms with Crippen molar-refractivity contribution in [3.8, 4) is 0 Å². The zero-order valence-corrected chi connectivity index (χ0v) is 13.9. The fourth-order valence-electron chi connectivity index (χ4n) is 2.20. The van der Waals surface area contributed by atoms with Crippen molar-refractivity contribution in [1.82, 2.24) is 14.5 Å². The van der Waals surface area contributed by atoms with E-state index in [4.69, 9.17) is 5.11 Å². The summed E-state index contributed by atoms with van der Waals surface area (Å²) in [7, 11) is -3.62. The smallest absolute Gasteiger partial charge is 0.244 e. The second kappa shape index (κ2) is 6.27. The van der Waals surface area contributed by atoms with Crippen molar-refractivity contribution in [3.05, 3.63) is 33.3 Å². The van der Waals surface area contributed by atoms with E-state index in [1.165, 1.54) is 16.0 Å². The van der Waals surface area contributed by atoms with Gasteiger partial charge >= 0.3 is 0 Å². The number of hydrogen-bond acceptors (Lipinski definition) is 5. The lowest BCUT2D eigenvalue weighted by Gasteiger charge is -2.07. The van der Waals surface area contributed by atoms with Gasteiger partial charge in [0.1, 0.15) is 4.90 Å². The van der Waals surface area contributed by atoms with Gasteiger partial charge in [-0.15, -0.1) is 11.3 Å². The minimum Gasteiger partial charge on any atom is -0.394 e. The Hall–Kier alpha value is -1.22. The first kappa shape index (κ1) is 16.2. The van der Waals surface area contributed by atoms with Crippen molar-refractivity contribution in [3.63, 3.8) is 0 Å². The van der Waals surface area contributed by atoms with E-state index in [-0.39, 0.29) is 24.6 Å². The molecule has 6 nitrogen and oxygen atoms in total. The summed E-state index contributed by atoms with van der Waals surface area (Å²) < 4.78 is 29.1. The van der Waals surface area contributed by atoms with Crippen LogP contribution in [-0.2, 0) is 23.1 Å². The molecule has 2 rings (SSSR count). The van der Waals surface area contributed by atoms with E-state index in [0.29, 0.717) is 11.4 Å². The van der Waals surface area contributed by atoms with Crippen LogP contribution in [0.2, 0.25) is 0 Å². The Morgan fingerprint density at radius 3 is 2.67 bits per heavy atom. The largest absolute Gasteiger partial charge is 0.394 e. The Morgan fingerprint density at radius 2 is 2.10 bits per heavy atom. The molecule has 116 valence electrons. The van der Waals surface area contributed by atoms with Crippen LogP contribution in [0.4, 0.5) is 0 Å². The summed E-state index contributed by atoms with van der Waals surface area (Å²) in [6.45, 7) is 5.79. The maximum atomic E-state index is 12.5. The van der Waals surface area contributed by atoms with Crippen molar-refractivity contribution in [2.45, 2.75) is 38.8 Å². The number of rotatable bonds is 6. The maximum Gasteiger partial charge on any atom is 0.244 e. The molecule has 0 atom stereocenters. The van der Waals surface area contributed by atoms with Gasteiger partial charge in [-0.1, -0.05) is 0 Å². The van der Waals surface area contributed by atoms with Gasteiger partial charge in [0.25, 0.3) is 0 Å². The van der Waals surface area contributed by atoms with Crippen LogP contribution in [0.25, 0.3) is 0 Å². The van der Waals surface area contributed by atoms with Crippen LogP contribution in [0.1, 0.15) is 21.8 Å². The van der Waals surface area contributed by atoms with Crippen molar-refractivity contribution in [2.75, 3.05) is 6.61 Å². The molecule has 21 heavy (non-hydrogen) atoms. The van der Waals surface area contributed by atoms with Crippen LogP contribution in [0, 0.1) is 20.8 Å². The molecule has 0 unspecified atom stereocenters. The highest BCUT2D eigenvalue weighted by Crippen LogP contribution is 2.21. The van der Waals surface area contributed by atoms with Crippen molar-refractivity contribution in [1.29, 1.82) is 0 Å². The van der Waals surface area contributed by atoms with Crippen molar-refractivity contribution >= 4 is 21.4 Å². The highest BCUT2D eigenvalue weighted by Gasteiger charge is 2.24. The van der Waals surface area contributed by atoms with Gasteiger partial charge in [-0.25, -0.2) is 13.1 Å². The predicted octanol–water partition coefficient (Wildman–Crippen LogP) is 1.34. The van der Waals surface area contributed by atoms with Crippen LogP contribution in [0.15, 0.2) is 16.3 Å². The van der Waals surface area contributed by atoms with Gasteiger partial charge in [-0.3, -0.25) is 4.68 Å². The molecular formula is C13H19N3O3S2. The van der Waals surface area contributed by atoms with Crippen molar-refractivity contribution in [2.24, 2.45) is 0 Å². The zero-order valence-electron chi connectivity index (χ0n) is 12.3. The summed E-state index contributed by atoms with van der Waals surface area (Å²) in [6.07, 6.45) is 0. The summed E-state index contributed by atoms with van der Waals surface area (Å²) in [4.78, 5) is 1.20. The molecule has 2 aromatic rings. The molecule has 0 aromatic carbocycles. The minimum absolute atomic E-state index is 0.0801. The quantitative estimate of drug-likeness (QED) is 0.838. The Kier molecular flexibility index (Phi) is 4.82. The lowest BCUT2D eigenvalue weighted by atomic mass is 10.3. The fraction of sp³-hybridized carbons (Fsp3) is 0.462. The average molecular weight is 329 g/mol. The molecular weight excluding hydrogens is 310 g/mol. The Balaban J connectivity index is 2.25. The minimum atomic E-state index is -3.62. The number of aromatic nitrogens is 2. The molecule has 0 fully saturated rings. The molecule has 0 saturated carbocycles. The maximum absolute atomic E-state index is 12.5. The number of hydrogen-bond donors (Lipinski definition) is 2. The molecule has 0 spiro atoms. The van der Waals surface area contributed by atoms with E-state index in [1.807, 2.05) is 18.4 Å². The van der Waals surface area contributed by atoms with Crippen LogP contribution in [-0.4, -0.2) is 29.9 Å². The summed E-state index contributed by atoms with van der Waals surface area (Å²) in [5.41, 5.74) is 2.06. The number of aliphatic hydroxyl groups is 1. The number of sulfonamides is 1. The fourth-order valence-corrected chi connectivity index (χ4v) is 4.54. The lowest BCUT2D eigenvalue weighted by Crippen LogP contribution is -2.24. The molecule has 0 saturated heterocycles. The number of aryl methyl sites for hydroxylation is 2. The second-order valence-electron chi connectivity index (χ2n) is 4.80. The molecule has 2 heterocycles. The van der Waals surface area contributed by atoms with E-state index in [2.05, 4.69) is 9.82 Å². The third-order valence-corrected chi connectivity index (χ3v) is 5.96. The molecule has 2 aromatic heterocycles. The zero-order chi connectivity index (χ0) is 15.6. The highest BCUT2D eigenvalue weighted by molar-refractivity contribution is 7.89. The van der Waals surface area contributed by atoms with Gasteiger partial charge < -0.3 is 5.11 Å². The summed E-state index contributed by atoms with van der Waals surface area (Å²) in [5.74, 6) is 0. The SMILES string of the molecule is Cc1ccsc1CNS(=O)(=O)c1c(C)nn(CCO)c1C. The van der Waals surface area contributed by atoms with Gasteiger partial charge in [0.05, 0.1) is 24.5 Å². The van der Waals surface area contributed by atoms with E-state index < -0.39 is 10.0 Å². The molecule has 0 amide bonds. The molecule has 0 radical (unpaired) electrons. The van der Waals surface area contributed by atoms with Gasteiger partial charge in [-0.2, -0.15) is 5.10 Å². The molecule has 0 aliphatic rings. The first-order valence-corrected chi connectivity index (χ1v) is 8.90. The normalized spacial score (nSPS) is 12.0. The van der Waals surface area contributed by atoms with Crippen molar-refractivity contribution < 1.29 is 13.5 Å². The third-order valence-electron chi connectivity index (χ3n) is 3.29. The topological polar surface area (TPSA) is 84.2 Å². The Morgan fingerprint density at radius 1 is 1.38 bits per heavy atom. The number of thiophene rings is 1. The Bertz CT molecular complexity index is 732. The standard InChI is InChI=1S/C13H19N3O3S2/c1-9-4-7-20-12(9)8-14-21(18,19)13-10(2)15-16(5-6-17)11(13)3/h4,7,14,17H,5-6,8H2,1-3H3. The summed E-state index contributed by atoms with van der Waals surface area (Å²) in [5, 5.41) is 15.1. The summed E-state index contributed by atoms with van der Waals surface area (Å²) >= 11 is 1.53. The Labute approximate surface area is 128 Å². The molecule has 2 N–H and O–H groups in total. The predicted molar refractivity (Wildman–Crippen MR) is 81.9 cm³/mol. The highest BCUT2D eigenvalue weighted by atomic mass is 32.2. The number of aliphatic hydroxyl groups excluding tert-OH is 1. The van der Waals surface area contributed by atoms with E-state index in [1.54, 1.807) is 13.8 Å². The van der Waals surface area contributed by atoms with Gasteiger partial charge in [0.15, 0.2) is 0 Å². The van der Waals surface area contributed by atoms with E-state index in [0.717, 1.165) is 10.4 Å². The second-order valence-corrected chi connectivity index (χ2v) is 7.50. The molecule has 0 aliphatic carbocycles. The lowest BCUT2D eigenvalue weighted by molar-refractivity contribution is 0.267. The van der Waals surface area contributed by atoms with E-state index >= 15 is 0 Å². The van der Waals surface area contributed by atoms with Gasteiger partial charge in [-0.05, 0) is 37.8 Å². The first-order chi connectivity index (χ1) is 9.86.